The molecule has 0 unspecified atom stereocenters. The molecule has 1 aliphatic rings. The molecule has 8 nitrogen and oxygen atoms in total. The molecule has 0 saturated carbocycles. The number of fused-ring (bicyclic) bond motifs is 3. The molecule has 8 heteroatoms. The van der Waals surface area contributed by atoms with Gasteiger partial charge in [0.05, 0.1) is 33.9 Å². The fraction of sp³-hybridized carbons (Fsp3) is 0.235. The Bertz CT molecular complexity index is 1520. The van der Waals surface area contributed by atoms with Crippen LogP contribution in [0.1, 0.15) is 47.1 Å². The number of nitrogens with zero attached hydrogens (tertiary/aromatic N) is 1. The molecule has 0 aliphatic heterocycles. The van der Waals surface area contributed by atoms with Crippen LogP contribution in [0.4, 0.5) is 0 Å². The van der Waals surface area contributed by atoms with E-state index in [0.717, 1.165) is 27.8 Å². The molecule has 216 valence electrons. The summed E-state index contributed by atoms with van der Waals surface area (Å²) in [5.74, 6) is 0.122. The van der Waals surface area contributed by atoms with Crippen LogP contribution in [-0.4, -0.2) is 50.0 Å². The summed E-state index contributed by atoms with van der Waals surface area (Å²) in [4.78, 5) is 31.3. The van der Waals surface area contributed by atoms with Crippen molar-refractivity contribution in [1.82, 2.24) is 5.06 Å². The van der Waals surface area contributed by atoms with E-state index in [2.05, 4.69) is 0 Å². The summed E-state index contributed by atoms with van der Waals surface area (Å²) in [6, 6.07) is 28.1. The minimum absolute atomic E-state index is 0.0375. The second-order valence-electron chi connectivity index (χ2n) is 9.88. The van der Waals surface area contributed by atoms with Gasteiger partial charge in [-0.05, 0) is 58.5 Å². The molecular weight excluding hydrogens is 534 g/mol. The summed E-state index contributed by atoms with van der Waals surface area (Å²) >= 11 is 0. The number of carbonyl (C=O) groups is 2. The van der Waals surface area contributed by atoms with Gasteiger partial charge in [0.25, 0.3) is 5.91 Å². The van der Waals surface area contributed by atoms with E-state index in [9.17, 15) is 9.59 Å². The number of aliphatic carboxylic acids is 1. The van der Waals surface area contributed by atoms with Crippen molar-refractivity contribution in [3.63, 3.8) is 0 Å². The van der Waals surface area contributed by atoms with Gasteiger partial charge >= 0.3 is 5.97 Å². The van der Waals surface area contributed by atoms with Crippen LogP contribution in [0.3, 0.4) is 0 Å². The Kier molecular flexibility index (Phi) is 8.74. The van der Waals surface area contributed by atoms with Crippen LogP contribution >= 0.6 is 0 Å². The summed E-state index contributed by atoms with van der Waals surface area (Å²) in [6.45, 7) is 0.282. The number of hydrogen-bond donors (Lipinski definition) is 1. The zero-order valence-corrected chi connectivity index (χ0v) is 23.8. The first-order chi connectivity index (χ1) is 20.5. The zero-order chi connectivity index (χ0) is 29.6. The maximum Gasteiger partial charge on any atom is 0.303 e. The van der Waals surface area contributed by atoms with Crippen LogP contribution in [0.2, 0.25) is 0 Å². The second kappa shape index (κ2) is 12.8. The summed E-state index contributed by atoms with van der Waals surface area (Å²) in [5.41, 5.74) is 5.40. The van der Waals surface area contributed by atoms with Gasteiger partial charge in [0.1, 0.15) is 23.3 Å². The Morgan fingerprint density at radius 2 is 1.43 bits per heavy atom. The van der Waals surface area contributed by atoms with Gasteiger partial charge in [0, 0.05) is 18.1 Å². The molecule has 4 aromatic rings. The molecule has 0 spiro atoms. The molecule has 0 radical (unpaired) electrons. The zero-order valence-electron chi connectivity index (χ0n) is 23.8. The molecule has 0 heterocycles. The third kappa shape index (κ3) is 5.66. The highest BCUT2D eigenvalue weighted by molar-refractivity contribution is 5.96. The topological polar surface area (TPSA) is 94.5 Å². The molecule has 0 saturated heterocycles. The molecule has 1 amide bonds. The quantitative estimate of drug-likeness (QED) is 0.160. The van der Waals surface area contributed by atoms with Crippen molar-refractivity contribution in [3.8, 4) is 28.4 Å². The predicted octanol–water partition coefficient (Wildman–Crippen LogP) is 6.24. The van der Waals surface area contributed by atoms with Crippen LogP contribution < -0.4 is 14.2 Å². The first-order valence-corrected chi connectivity index (χ1v) is 13.7. The SMILES string of the molecule is COc1ccc([C@H](c2ccc(OCCCC(=O)O)cc2)N(OC)C(=O)C2c3ccccc3-c3ccccc32)c(OC)c1. The number of benzene rings is 4. The van der Waals surface area contributed by atoms with Gasteiger partial charge in [0.2, 0.25) is 0 Å². The minimum Gasteiger partial charge on any atom is -0.497 e. The predicted molar refractivity (Wildman–Crippen MR) is 158 cm³/mol. The van der Waals surface area contributed by atoms with Gasteiger partial charge in [-0.1, -0.05) is 60.7 Å². The van der Waals surface area contributed by atoms with Gasteiger partial charge in [-0.3, -0.25) is 14.4 Å². The van der Waals surface area contributed by atoms with Gasteiger partial charge in [-0.15, -0.1) is 0 Å². The van der Waals surface area contributed by atoms with E-state index in [4.69, 9.17) is 24.2 Å². The Morgan fingerprint density at radius 1 is 0.810 bits per heavy atom. The largest absolute Gasteiger partial charge is 0.497 e. The van der Waals surface area contributed by atoms with Gasteiger partial charge in [-0.25, -0.2) is 5.06 Å². The van der Waals surface area contributed by atoms with Crippen LogP contribution in [0, 0.1) is 0 Å². The number of amides is 1. The van der Waals surface area contributed by atoms with Crippen molar-refractivity contribution >= 4 is 11.9 Å². The maximum atomic E-state index is 14.6. The number of carbonyl (C=O) groups excluding carboxylic acids is 1. The molecule has 0 fully saturated rings. The van der Waals surface area contributed by atoms with Crippen LogP contribution in [-0.2, 0) is 14.4 Å². The Balaban J connectivity index is 1.55. The summed E-state index contributed by atoms with van der Waals surface area (Å²) in [5, 5.41) is 10.3. The molecule has 1 aliphatic carbocycles. The van der Waals surface area contributed by atoms with E-state index in [1.54, 1.807) is 32.4 Å². The Morgan fingerprint density at radius 3 is 2.00 bits per heavy atom. The Labute approximate surface area is 245 Å². The van der Waals surface area contributed by atoms with Gasteiger partial charge in [-0.2, -0.15) is 0 Å². The highest BCUT2D eigenvalue weighted by Gasteiger charge is 2.40. The van der Waals surface area contributed by atoms with E-state index in [1.807, 2.05) is 72.8 Å². The van der Waals surface area contributed by atoms with Gasteiger partial charge in [0.15, 0.2) is 0 Å². The fourth-order valence-corrected chi connectivity index (χ4v) is 5.52. The number of hydrogen-bond acceptors (Lipinski definition) is 6. The van der Waals surface area contributed by atoms with Crippen LogP contribution in [0.15, 0.2) is 91.0 Å². The first-order valence-electron chi connectivity index (χ1n) is 13.7. The van der Waals surface area contributed by atoms with E-state index in [0.29, 0.717) is 29.2 Å². The highest BCUT2D eigenvalue weighted by Crippen LogP contribution is 2.47. The maximum absolute atomic E-state index is 14.6. The second-order valence-corrected chi connectivity index (χ2v) is 9.88. The molecule has 0 aromatic heterocycles. The van der Waals surface area contributed by atoms with Crippen molar-refractivity contribution in [1.29, 1.82) is 0 Å². The molecular formula is C34H33NO7. The van der Waals surface area contributed by atoms with Crippen molar-refractivity contribution in [3.05, 3.63) is 113 Å². The normalized spacial score (nSPS) is 12.6. The minimum atomic E-state index is -0.859. The molecule has 1 N–H and O–H groups in total. The number of rotatable bonds is 12. The number of ether oxygens (including phenoxy) is 3. The third-order valence-corrected chi connectivity index (χ3v) is 7.46. The van der Waals surface area contributed by atoms with Crippen LogP contribution in [0.5, 0.6) is 17.2 Å². The number of carboxylic acids is 1. The van der Waals surface area contributed by atoms with E-state index in [1.165, 1.54) is 12.2 Å². The fourth-order valence-electron chi connectivity index (χ4n) is 5.52. The van der Waals surface area contributed by atoms with E-state index in [-0.39, 0.29) is 18.9 Å². The van der Waals surface area contributed by atoms with Crippen LogP contribution in [0.25, 0.3) is 11.1 Å². The highest BCUT2D eigenvalue weighted by atomic mass is 16.7. The summed E-state index contributed by atoms with van der Waals surface area (Å²) in [7, 11) is 4.65. The lowest BCUT2D eigenvalue weighted by atomic mass is 9.92. The smallest absolute Gasteiger partial charge is 0.303 e. The first kappa shape index (κ1) is 28.7. The van der Waals surface area contributed by atoms with E-state index < -0.39 is 17.9 Å². The third-order valence-electron chi connectivity index (χ3n) is 7.46. The number of methoxy groups -OCH3 is 2. The molecule has 1 atom stereocenters. The molecule has 5 rings (SSSR count). The average molecular weight is 568 g/mol. The standard InChI is InChI=1S/C34H33NO7/c1-39-24-18-19-29(30(21-24)40-2)33(22-14-16-23(17-15-22)42-20-8-13-31(36)37)35(41-3)34(38)32-27-11-6-4-9-25(27)26-10-5-7-12-28(26)32/h4-7,9-12,14-19,21,32-33H,8,13,20H2,1-3H3,(H,36,37)/t33-/m0/s1. The van der Waals surface area contributed by atoms with Gasteiger partial charge < -0.3 is 19.3 Å². The van der Waals surface area contributed by atoms with Crippen molar-refractivity contribution < 1.29 is 33.7 Å². The molecule has 4 aromatic carbocycles. The Hall–Kier alpha value is -4.82. The molecule has 42 heavy (non-hydrogen) atoms. The van der Waals surface area contributed by atoms with Crippen molar-refractivity contribution in [2.75, 3.05) is 27.9 Å². The lowest BCUT2D eigenvalue weighted by Gasteiger charge is -2.33. The average Bonchev–Trinajstić information content (AvgIpc) is 3.36. The molecule has 0 bridgehead atoms. The lowest BCUT2D eigenvalue weighted by Crippen LogP contribution is -2.38. The van der Waals surface area contributed by atoms with Crippen molar-refractivity contribution in [2.45, 2.75) is 24.8 Å². The monoisotopic (exact) mass is 567 g/mol. The number of hydroxylamine groups is 2. The lowest BCUT2D eigenvalue weighted by molar-refractivity contribution is -0.186. The summed E-state index contributed by atoms with van der Waals surface area (Å²) in [6.07, 6.45) is 0.439. The van der Waals surface area contributed by atoms with E-state index >= 15 is 0 Å². The summed E-state index contributed by atoms with van der Waals surface area (Å²) < 4.78 is 16.9. The van der Waals surface area contributed by atoms with Crippen molar-refractivity contribution in [2.24, 2.45) is 0 Å². The number of carboxylic acid groups (broad SMARTS) is 1.